The van der Waals surface area contributed by atoms with Crippen LogP contribution < -0.4 is 0 Å². The van der Waals surface area contributed by atoms with Crippen LogP contribution in [0.1, 0.15) is 11.1 Å². The molecule has 0 aliphatic carbocycles. The molecule has 0 radical (unpaired) electrons. The first-order chi connectivity index (χ1) is 9.93. The molecule has 0 aromatic heterocycles. The van der Waals surface area contributed by atoms with Crippen molar-refractivity contribution < 1.29 is 13.2 Å². The van der Waals surface area contributed by atoms with Crippen molar-refractivity contribution in [2.24, 2.45) is 5.11 Å². The van der Waals surface area contributed by atoms with Crippen LogP contribution in [0.5, 0.6) is 0 Å². The van der Waals surface area contributed by atoms with Gasteiger partial charge in [-0.25, -0.2) is 0 Å². The number of halogens is 3. The van der Waals surface area contributed by atoms with Crippen molar-refractivity contribution in [3.05, 3.63) is 76.7 Å². The number of hydrogen-bond acceptors (Lipinski definition) is 1. The summed E-state index contributed by atoms with van der Waals surface area (Å²) in [5.41, 5.74) is 9.00. The van der Waals surface area contributed by atoms with Gasteiger partial charge in [-0.3, -0.25) is 0 Å². The Morgan fingerprint density at radius 1 is 1.10 bits per heavy atom. The Morgan fingerprint density at radius 3 is 2.33 bits per heavy atom. The highest BCUT2D eigenvalue weighted by Gasteiger charge is 2.31. The Hall–Kier alpha value is -2.72. The number of benzene rings is 2. The van der Waals surface area contributed by atoms with Crippen LogP contribution in [0.25, 0.3) is 27.3 Å². The van der Waals surface area contributed by atoms with Gasteiger partial charge in [0, 0.05) is 10.6 Å². The smallest absolute Gasteiger partial charge is 0.166 e. The van der Waals surface area contributed by atoms with Gasteiger partial charge in [-0.2, -0.15) is 13.2 Å². The molecule has 0 N–H and O–H groups in total. The van der Waals surface area contributed by atoms with E-state index in [2.05, 4.69) is 16.6 Å². The van der Waals surface area contributed by atoms with Crippen molar-refractivity contribution in [3.8, 4) is 11.1 Å². The summed E-state index contributed by atoms with van der Waals surface area (Å²) in [5.74, 6) is 0. The monoisotopic (exact) mass is 289 g/mol. The number of alkyl halides is 3. The number of azide groups is 1. The van der Waals surface area contributed by atoms with Crippen molar-refractivity contribution in [2.75, 3.05) is 0 Å². The average Bonchev–Trinajstić information content (AvgIpc) is 2.47. The third kappa shape index (κ3) is 3.24. The lowest BCUT2D eigenvalue weighted by atomic mass is 9.96. The molecule has 106 valence electrons. The number of hydrogen-bond donors (Lipinski definition) is 0. The predicted molar refractivity (Wildman–Crippen MR) is 75.1 cm³/mol. The zero-order valence-corrected chi connectivity index (χ0v) is 10.8. The van der Waals surface area contributed by atoms with E-state index in [9.17, 15) is 13.2 Å². The maximum absolute atomic E-state index is 12.8. The molecule has 0 atom stereocenters. The fourth-order valence-corrected chi connectivity index (χ4v) is 1.94. The van der Waals surface area contributed by atoms with E-state index in [1.165, 1.54) is 6.07 Å². The molecule has 0 aliphatic heterocycles. The standard InChI is InChI=1S/C15H10F3N3/c1-10(20-21-19)14-9-12(15(16,17)18)7-8-13(14)11-5-3-2-4-6-11/h2-9H,1H2. The molecular weight excluding hydrogens is 279 g/mol. The summed E-state index contributed by atoms with van der Waals surface area (Å²) in [6.45, 7) is 3.54. The molecule has 0 aliphatic rings. The number of nitrogens with zero attached hydrogens (tertiary/aromatic N) is 3. The zero-order valence-electron chi connectivity index (χ0n) is 10.8. The third-order valence-corrected chi connectivity index (χ3v) is 2.91. The minimum atomic E-state index is -4.47. The minimum Gasteiger partial charge on any atom is -0.166 e. The predicted octanol–water partition coefficient (Wildman–Crippen LogP) is 5.65. The lowest BCUT2D eigenvalue weighted by molar-refractivity contribution is -0.137. The normalized spacial score (nSPS) is 10.8. The van der Waals surface area contributed by atoms with Gasteiger partial charge in [0.1, 0.15) is 0 Å². The third-order valence-electron chi connectivity index (χ3n) is 2.91. The van der Waals surface area contributed by atoms with Crippen LogP contribution in [0, 0.1) is 0 Å². The van der Waals surface area contributed by atoms with E-state index in [1.807, 2.05) is 0 Å². The van der Waals surface area contributed by atoms with Crippen LogP contribution in [0.3, 0.4) is 0 Å². The van der Waals surface area contributed by atoms with Crippen LogP contribution >= 0.6 is 0 Å². The molecular formula is C15H10F3N3. The summed E-state index contributed by atoms with van der Waals surface area (Å²) < 4.78 is 38.5. The molecule has 3 nitrogen and oxygen atoms in total. The summed E-state index contributed by atoms with van der Waals surface area (Å²) in [7, 11) is 0. The molecule has 0 amide bonds. The SMILES string of the molecule is C=C(N=[N+]=[N-])c1cc(C(F)(F)F)ccc1-c1ccccc1. The summed E-state index contributed by atoms with van der Waals surface area (Å²) in [6, 6.07) is 12.2. The summed E-state index contributed by atoms with van der Waals surface area (Å²) in [6.07, 6.45) is -4.47. The Balaban J connectivity index is 2.65. The van der Waals surface area contributed by atoms with E-state index in [-0.39, 0.29) is 11.3 Å². The minimum absolute atomic E-state index is 0.0533. The highest BCUT2D eigenvalue weighted by Crippen LogP contribution is 2.36. The van der Waals surface area contributed by atoms with Crippen molar-refractivity contribution in [1.82, 2.24) is 0 Å². The second-order valence-corrected chi connectivity index (χ2v) is 4.26. The van der Waals surface area contributed by atoms with Gasteiger partial charge in [-0.1, -0.05) is 48.1 Å². The largest absolute Gasteiger partial charge is 0.416 e. The van der Waals surface area contributed by atoms with Crippen LogP contribution in [-0.4, -0.2) is 0 Å². The fourth-order valence-electron chi connectivity index (χ4n) is 1.94. The van der Waals surface area contributed by atoms with E-state index < -0.39 is 11.7 Å². The first kappa shape index (κ1) is 14.7. The quantitative estimate of drug-likeness (QED) is 0.398. The average molecular weight is 289 g/mol. The summed E-state index contributed by atoms with van der Waals surface area (Å²) in [5, 5.41) is 3.32. The van der Waals surface area contributed by atoms with E-state index in [4.69, 9.17) is 5.53 Å². The molecule has 0 saturated carbocycles. The second kappa shape index (κ2) is 5.73. The van der Waals surface area contributed by atoms with Crippen molar-refractivity contribution in [2.45, 2.75) is 6.18 Å². The van der Waals surface area contributed by atoms with Crippen LogP contribution in [0.2, 0.25) is 0 Å². The van der Waals surface area contributed by atoms with Gasteiger partial charge in [-0.15, -0.1) is 0 Å². The summed E-state index contributed by atoms with van der Waals surface area (Å²) in [4.78, 5) is 2.58. The van der Waals surface area contributed by atoms with Crippen molar-refractivity contribution in [3.63, 3.8) is 0 Å². The molecule has 6 heteroatoms. The Bertz CT molecular complexity index is 715. The molecule has 2 aromatic carbocycles. The van der Waals surface area contributed by atoms with Crippen molar-refractivity contribution >= 4 is 5.70 Å². The summed E-state index contributed by atoms with van der Waals surface area (Å²) >= 11 is 0. The maximum Gasteiger partial charge on any atom is 0.416 e. The second-order valence-electron chi connectivity index (χ2n) is 4.26. The molecule has 0 fully saturated rings. The van der Waals surface area contributed by atoms with Crippen LogP contribution in [0.15, 0.2) is 60.2 Å². The van der Waals surface area contributed by atoms with Crippen LogP contribution in [-0.2, 0) is 6.18 Å². The number of rotatable bonds is 3. The van der Waals surface area contributed by atoms with Gasteiger partial charge in [0.05, 0.1) is 5.56 Å². The fraction of sp³-hybridized carbons (Fsp3) is 0.0667. The van der Waals surface area contributed by atoms with Gasteiger partial charge < -0.3 is 0 Å². The Morgan fingerprint density at radius 2 is 1.76 bits per heavy atom. The van der Waals surface area contributed by atoms with E-state index >= 15 is 0 Å². The van der Waals surface area contributed by atoms with Crippen molar-refractivity contribution in [1.29, 1.82) is 0 Å². The molecule has 0 heterocycles. The molecule has 2 rings (SSSR count). The molecule has 0 unspecified atom stereocenters. The first-order valence-corrected chi connectivity index (χ1v) is 5.94. The molecule has 0 saturated heterocycles. The molecule has 0 bridgehead atoms. The van der Waals surface area contributed by atoms with Gasteiger partial charge in [0.15, 0.2) is 0 Å². The van der Waals surface area contributed by atoms with E-state index in [0.29, 0.717) is 5.56 Å². The topological polar surface area (TPSA) is 48.8 Å². The van der Waals surface area contributed by atoms with Gasteiger partial charge in [0.25, 0.3) is 0 Å². The van der Waals surface area contributed by atoms with Gasteiger partial charge >= 0.3 is 6.18 Å². The first-order valence-electron chi connectivity index (χ1n) is 5.94. The van der Waals surface area contributed by atoms with E-state index in [0.717, 1.165) is 17.7 Å². The van der Waals surface area contributed by atoms with Crippen LogP contribution in [0.4, 0.5) is 13.2 Å². The maximum atomic E-state index is 12.8. The highest BCUT2D eigenvalue weighted by molar-refractivity contribution is 5.80. The molecule has 21 heavy (non-hydrogen) atoms. The highest BCUT2D eigenvalue weighted by atomic mass is 19.4. The zero-order chi connectivity index (χ0) is 15.5. The molecule has 2 aromatic rings. The Labute approximate surface area is 119 Å². The lowest BCUT2D eigenvalue weighted by Crippen LogP contribution is -2.05. The van der Waals surface area contributed by atoms with Gasteiger partial charge in [-0.05, 0) is 34.4 Å². The van der Waals surface area contributed by atoms with Gasteiger partial charge in [0.2, 0.25) is 0 Å². The molecule has 0 spiro atoms. The Kier molecular flexibility index (Phi) is 4.00. The lowest BCUT2D eigenvalue weighted by Gasteiger charge is -2.13. The van der Waals surface area contributed by atoms with E-state index in [1.54, 1.807) is 30.3 Å².